The first kappa shape index (κ1) is 25.2. The van der Waals surface area contributed by atoms with Crippen LogP contribution in [0.3, 0.4) is 0 Å². The topological polar surface area (TPSA) is 120 Å². The number of hydrogen-bond acceptors (Lipinski definition) is 6. The number of benzene rings is 1. The van der Waals surface area contributed by atoms with Crippen LogP contribution < -0.4 is 10.1 Å². The van der Waals surface area contributed by atoms with E-state index in [4.69, 9.17) is 4.74 Å². The lowest BCUT2D eigenvalue weighted by molar-refractivity contribution is -0.138. The number of likely N-dealkylation sites (tertiary alicyclic amines) is 1. The number of amides is 2. The standard InChI is InChI=1S/C28H35N5O4/c1-15-6-9-20(37-12-18-7-8-18)19(10-15)23-25-24(30-14-29-23)22(16(2)31-25)26(35)32-21-11-33(13-28(21,4)5)27(36)17(3)34/h6,9-10,14,17-18,21,31,34H,7-8,11-13H2,1-5H3,(H,32,35)/t17-,21+/m0/s1. The molecule has 0 spiro atoms. The van der Waals surface area contributed by atoms with Gasteiger partial charge >= 0.3 is 0 Å². The molecule has 1 saturated carbocycles. The molecule has 9 nitrogen and oxygen atoms in total. The second kappa shape index (κ2) is 9.45. The molecular weight excluding hydrogens is 470 g/mol. The number of hydrogen-bond donors (Lipinski definition) is 3. The first-order valence-electron chi connectivity index (χ1n) is 12.9. The monoisotopic (exact) mass is 505 g/mol. The molecule has 3 aromatic rings. The lowest BCUT2D eigenvalue weighted by Gasteiger charge is -2.26. The molecule has 2 fully saturated rings. The summed E-state index contributed by atoms with van der Waals surface area (Å²) in [6.45, 7) is 10.8. The zero-order chi connectivity index (χ0) is 26.5. The molecule has 0 radical (unpaired) electrons. The number of nitrogens with one attached hydrogen (secondary N) is 2. The predicted octanol–water partition coefficient (Wildman–Crippen LogP) is 3.38. The van der Waals surface area contributed by atoms with Gasteiger partial charge in [0, 0.05) is 29.8 Å². The number of H-pyrrole nitrogens is 1. The van der Waals surface area contributed by atoms with Crippen LogP contribution in [0, 0.1) is 25.2 Å². The van der Waals surface area contributed by atoms with Crippen molar-refractivity contribution in [1.82, 2.24) is 25.2 Å². The number of aliphatic hydroxyl groups excluding tert-OH is 1. The number of aromatic nitrogens is 3. The van der Waals surface area contributed by atoms with Gasteiger partial charge in [-0.15, -0.1) is 0 Å². The molecule has 0 bridgehead atoms. The van der Waals surface area contributed by atoms with Gasteiger partial charge in [-0.3, -0.25) is 9.59 Å². The molecule has 0 unspecified atom stereocenters. The van der Waals surface area contributed by atoms with Gasteiger partial charge in [-0.05, 0) is 51.7 Å². The fraction of sp³-hybridized carbons (Fsp3) is 0.500. The van der Waals surface area contributed by atoms with Gasteiger partial charge in [-0.2, -0.15) is 0 Å². The molecule has 5 rings (SSSR count). The average Bonchev–Trinajstić information content (AvgIpc) is 3.54. The molecule has 196 valence electrons. The molecule has 37 heavy (non-hydrogen) atoms. The van der Waals surface area contributed by atoms with E-state index in [1.807, 2.05) is 39.8 Å². The van der Waals surface area contributed by atoms with Crippen LogP contribution in [-0.4, -0.2) is 68.6 Å². The SMILES string of the molecule is Cc1ccc(OCC2CC2)c(-c2ncnc3c(C(=O)N[C@@H]4CN(C(=O)[C@H](C)O)CC4(C)C)c(C)[nH]c23)c1. The van der Waals surface area contributed by atoms with E-state index in [1.54, 1.807) is 4.90 Å². The fourth-order valence-corrected chi connectivity index (χ4v) is 5.09. The minimum absolute atomic E-state index is 0.257. The molecule has 2 amide bonds. The van der Waals surface area contributed by atoms with Gasteiger partial charge < -0.3 is 25.0 Å². The zero-order valence-electron chi connectivity index (χ0n) is 22.1. The maximum atomic E-state index is 13.6. The third-order valence-electron chi connectivity index (χ3n) is 7.48. The van der Waals surface area contributed by atoms with Crippen molar-refractivity contribution in [3.8, 4) is 17.0 Å². The van der Waals surface area contributed by atoms with Gasteiger partial charge in [0.1, 0.15) is 29.4 Å². The average molecular weight is 506 g/mol. The number of carbonyl (C=O) groups is 2. The highest BCUT2D eigenvalue weighted by Crippen LogP contribution is 2.37. The third-order valence-corrected chi connectivity index (χ3v) is 7.48. The molecule has 1 aliphatic carbocycles. The van der Waals surface area contributed by atoms with Crippen molar-refractivity contribution >= 4 is 22.8 Å². The Balaban J connectivity index is 1.46. The lowest BCUT2D eigenvalue weighted by atomic mass is 9.87. The maximum Gasteiger partial charge on any atom is 0.255 e. The van der Waals surface area contributed by atoms with Gasteiger partial charge in [0.15, 0.2) is 0 Å². The van der Waals surface area contributed by atoms with Crippen LogP contribution in [0.1, 0.15) is 55.2 Å². The minimum atomic E-state index is -1.07. The number of aromatic amines is 1. The normalized spacial score (nSPS) is 19.7. The summed E-state index contributed by atoms with van der Waals surface area (Å²) in [5.41, 5.74) is 4.67. The van der Waals surface area contributed by atoms with Crippen molar-refractivity contribution in [2.24, 2.45) is 11.3 Å². The molecule has 1 aliphatic heterocycles. The Kier molecular flexibility index (Phi) is 6.43. The summed E-state index contributed by atoms with van der Waals surface area (Å²) in [4.78, 5) is 40.0. The molecule has 3 N–H and O–H groups in total. The summed E-state index contributed by atoms with van der Waals surface area (Å²) in [5, 5.41) is 12.9. The summed E-state index contributed by atoms with van der Waals surface area (Å²) in [5.74, 6) is 0.802. The van der Waals surface area contributed by atoms with E-state index in [9.17, 15) is 14.7 Å². The van der Waals surface area contributed by atoms with Gasteiger partial charge in [0.2, 0.25) is 0 Å². The van der Waals surface area contributed by atoms with E-state index in [-0.39, 0.29) is 23.3 Å². The number of ether oxygens (including phenoxy) is 1. The van der Waals surface area contributed by atoms with Crippen molar-refractivity contribution in [2.75, 3.05) is 19.7 Å². The number of fused-ring (bicyclic) bond motifs is 1. The second-order valence-electron chi connectivity index (χ2n) is 11.2. The number of aryl methyl sites for hydroxylation is 2. The Bertz CT molecular complexity index is 1360. The van der Waals surface area contributed by atoms with Crippen molar-refractivity contribution in [1.29, 1.82) is 0 Å². The Hall–Kier alpha value is -3.46. The van der Waals surface area contributed by atoms with E-state index < -0.39 is 6.10 Å². The van der Waals surface area contributed by atoms with E-state index in [0.29, 0.717) is 53.6 Å². The summed E-state index contributed by atoms with van der Waals surface area (Å²) < 4.78 is 6.16. The summed E-state index contributed by atoms with van der Waals surface area (Å²) in [6.07, 6.45) is 2.82. The molecule has 1 aromatic carbocycles. The first-order chi connectivity index (χ1) is 17.5. The smallest absolute Gasteiger partial charge is 0.255 e. The largest absolute Gasteiger partial charge is 0.493 e. The Labute approximate surface area is 216 Å². The highest BCUT2D eigenvalue weighted by Gasteiger charge is 2.43. The zero-order valence-corrected chi connectivity index (χ0v) is 22.1. The molecule has 2 aliphatic rings. The van der Waals surface area contributed by atoms with E-state index in [1.165, 1.54) is 26.1 Å². The van der Waals surface area contributed by atoms with Crippen molar-refractivity contribution in [2.45, 2.75) is 59.6 Å². The number of aliphatic hydroxyl groups is 1. The summed E-state index contributed by atoms with van der Waals surface area (Å²) in [6, 6.07) is 5.78. The number of carbonyl (C=O) groups excluding carboxylic acids is 2. The van der Waals surface area contributed by atoms with E-state index >= 15 is 0 Å². The lowest BCUT2D eigenvalue weighted by Crippen LogP contribution is -2.44. The summed E-state index contributed by atoms with van der Waals surface area (Å²) >= 11 is 0. The van der Waals surface area contributed by atoms with Crippen LogP contribution in [0.2, 0.25) is 0 Å². The van der Waals surface area contributed by atoms with E-state index in [0.717, 1.165) is 16.9 Å². The molecule has 2 atom stereocenters. The van der Waals surface area contributed by atoms with Crippen LogP contribution in [0.25, 0.3) is 22.3 Å². The minimum Gasteiger partial charge on any atom is -0.493 e. The van der Waals surface area contributed by atoms with Crippen molar-refractivity contribution in [3.63, 3.8) is 0 Å². The number of nitrogens with zero attached hydrogens (tertiary/aromatic N) is 3. The van der Waals surface area contributed by atoms with Gasteiger partial charge in [0.05, 0.1) is 23.7 Å². The van der Waals surface area contributed by atoms with Crippen molar-refractivity contribution < 1.29 is 19.4 Å². The van der Waals surface area contributed by atoms with Crippen LogP contribution in [0.15, 0.2) is 24.5 Å². The van der Waals surface area contributed by atoms with Gasteiger partial charge in [0.25, 0.3) is 11.8 Å². The van der Waals surface area contributed by atoms with Gasteiger partial charge in [-0.1, -0.05) is 25.5 Å². The molecular formula is C28H35N5O4. The van der Waals surface area contributed by atoms with Gasteiger partial charge in [-0.25, -0.2) is 9.97 Å². The Morgan fingerprint density at radius 3 is 2.73 bits per heavy atom. The van der Waals surface area contributed by atoms with Crippen LogP contribution in [0.4, 0.5) is 0 Å². The maximum absolute atomic E-state index is 13.6. The van der Waals surface area contributed by atoms with Crippen LogP contribution in [0.5, 0.6) is 5.75 Å². The van der Waals surface area contributed by atoms with E-state index in [2.05, 4.69) is 26.3 Å². The van der Waals surface area contributed by atoms with Crippen LogP contribution in [-0.2, 0) is 4.79 Å². The first-order valence-corrected chi connectivity index (χ1v) is 12.9. The highest BCUT2D eigenvalue weighted by molar-refractivity contribution is 6.09. The molecule has 9 heteroatoms. The second-order valence-corrected chi connectivity index (χ2v) is 11.2. The highest BCUT2D eigenvalue weighted by atomic mass is 16.5. The van der Waals surface area contributed by atoms with Crippen molar-refractivity contribution in [3.05, 3.63) is 41.3 Å². The Morgan fingerprint density at radius 1 is 1.27 bits per heavy atom. The molecule has 2 aromatic heterocycles. The predicted molar refractivity (Wildman–Crippen MR) is 140 cm³/mol. The quantitative estimate of drug-likeness (QED) is 0.453. The number of rotatable bonds is 7. The molecule has 1 saturated heterocycles. The fourth-order valence-electron chi connectivity index (χ4n) is 5.09. The Morgan fingerprint density at radius 2 is 2.03 bits per heavy atom. The summed E-state index contributed by atoms with van der Waals surface area (Å²) in [7, 11) is 0. The van der Waals surface area contributed by atoms with Crippen LogP contribution >= 0.6 is 0 Å². The third kappa shape index (κ3) is 4.92. The molecule has 3 heterocycles.